The number of nitrogens with zero attached hydrogens (tertiary/aromatic N) is 1. The maximum Gasteiger partial charge on any atom is 0.411 e. The summed E-state index contributed by atoms with van der Waals surface area (Å²) in [4.78, 5) is 13.4. The molecule has 4 heteroatoms. The van der Waals surface area contributed by atoms with Crippen molar-refractivity contribution in [3.8, 4) is 0 Å². The van der Waals surface area contributed by atoms with E-state index in [2.05, 4.69) is 5.32 Å². The van der Waals surface area contributed by atoms with Crippen LogP contribution in [0.4, 0.5) is 4.79 Å². The van der Waals surface area contributed by atoms with Crippen LogP contribution >= 0.6 is 0 Å². The summed E-state index contributed by atoms with van der Waals surface area (Å²) in [6.45, 7) is 6.44. The van der Waals surface area contributed by atoms with Crippen LogP contribution in [-0.4, -0.2) is 36.4 Å². The smallest absolute Gasteiger partial charge is 0.411 e. The van der Waals surface area contributed by atoms with E-state index in [4.69, 9.17) is 4.74 Å². The lowest BCUT2D eigenvalue weighted by Gasteiger charge is -2.28. The van der Waals surface area contributed by atoms with Crippen LogP contribution in [-0.2, 0) is 4.74 Å². The number of carbonyl (C=O) groups is 1. The van der Waals surface area contributed by atoms with Gasteiger partial charge in [0.15, 0.2) is 0 Å². The summed E-state index contributed by atoms with van der Waals surface area (Å²) in [5.74, 6) is 0. The van der Waals surface area contributed by atoms with E-state index < -0.39 is 5.60 Å². The molecule has 1 saturated heterocycles. The Labute approximate surface area is 85.6 Å². The number of carbonyl (C=O) groups excluding carboxylic acids is 1. The third-order valence-electron chi connectivity index (χ3n) is 2.21. The van der Waals surface area contributed by atoms with Crippen LogP contribution < -0.4 is 5.32 Å². The van der Waals surface area contributed by atoms with Crippen molar-refractivity contribution in [2.75, 3.05) is 13.6 Å². The Balaban J connectivity index is 2.52. The van der Waals surface area contributed by atoms with Crippen molar-refractivity contribution < 1.29 is 9.53 Å². The third kappa shape index (κ3) is 2.87. The Bertz CT molecular complexity index is 211. The molecule has 1 rings (SSSR count). The molecule has 0 saturated carbocycles. The average Bonchev–Trinajstić information content (AvgIpc) is 2.47. The molecule has 0 aliphatic carbocycles. The van der Waals surface area contributed by atoms with Crippen molar-refractivity contribution in [1.82, 2.24) is 10.2 Å². The van der Waals surface area contributed by atoms with E-state index in [1.165, 1.54) is 0 Å². The van der Waals surface area contributed by atoms with E-state index in [9.17, 15) is 4.79 Å². The van der Waals surface area contributed by atoms with Gasteiger partial charge >= 0.3 is 6.09 Å². The highest BCUT2D eigenvalue weighted by Gasteiger charge is 2.30. The molecular formula is C10H20N2O2. The Hall–Kier alpha value is -0.770. The normalized spacial score (nSPS) is 22.6. The fourth-order valence-corrected chi connectivity index (χ4v) is 1.61. The van der Waals surface area contributed by atoms with Gasteiger partial charge in [0.25, 0.3) is 0 Å². The van der Waals surface area contributed by atoms with Gasteiger partial charge in [-0.25, -0.2) is 4.79 Å². The fourth-order valence-electron chi connectivity index (χ4n) is 1.61. The first-order valence-corrected chi connectivity index (χ1v) is 5.11. The molecule has 1 atom stereocenters. The largest absolute Gasteiger partial charge is 0.444 e. The van der Waals surface area contributed by atoms with Gasteiger partial charge in [-0.2, -0.15) is 0 Å². The molecule has 0 radical (unpaired) electrons. The topological polar surface area (TPSA) is 41.6 Å². The van der Waals surface area contributed by atoms with E-state index >= 15 is 0 Å². The molecule has 1 amide bonds. The number of hydrogen-bond donors (Lipinski definition) is 1. The zero-order valence-corrected chi connectivity index (χ0v) is 9.46. The minimum absolute atomic E-state index is 0.143. The summed E-state index contributed by atoms with van der Waals surface area (Å²) < 4.78 is 5.30. The number of ether oxygens (including phenoxy) is 1. The first-order valence-electron chi connectivity index (χ1n) is 5.11. The van der Waals surface area contributed by atoms with Crippen molar-refractivity contribution in [2.45, 2.75) is 45.4 Å². The van der Waals surface area contributed by atoms with Gasteiger partial charge in [-0.15, -0.1) is 0 Å². The van der Waals surface area contributed by atoms with E-state index in [-0.39, 0.29) is 12.3 Å². The Morgan fingerprint density at radius 1 is 1.50 bits per heavy atom. The SMILES string of the molecule is CN[C@@H]1CCCN1C(=O)OC(C)(C)C. The maximum absolute atomic E-state index is 11.7. The molecule has 0 spiro atoms. The molecule has 0 aromatic rings. The summed E-state index contributed by atoms with van der Waals surface area (Å²) in [7, 11) is 1.87. The Kier molecular flexibility index (Phi) is 3.37. The second-order valence-corrected chi connectivity index (χ2v) is 4.62. The number of hydrogen-bond acceptors (Lipinski definition) is 3. The minimum atomic E-state index is -0.405. The number of amides is 1. The van der Waals surface area contributed by atoms with Crippen molar-refractivity contribution in [3.63, 3.8) is 0 Å². The second kappa shape index (κ2) is 4.17. The molecule has 1 aliphatic heterocycles. The first-order chi connectivity index (χ1) is 6.44. The number of rotatable bonds is 1. The molecule has 14 heavy (non-hydrogen) atoms. The van der Waals surface area contributed by atoms with Crippen LogP contribution in [0.2, 0.25) is 0 Å². The van der Waals surface area contributed by atoms with Crippen molar-refractivity contribution in [2.24, 2.45) is 0 Å². The van der Waals surface area contributed by atoms with Gasteiger partial charge in [0.2, 0.25) is 0 Å². The van der Waals surface area contributed by atoms with Crippen LogP contribution in [0.15, 0.2) is 0 Å². The van der Waals surface area contributed by atoms with Gasteiger partial charge in [0.05, 0.1) is 6.17 Å². The van der Waals surface area contributed by atoms with Crippen molar-refractivity contribution in [1.29, 1.82) is 0 Å². The molecule has 1 aliphatic rings. The minimum Gasteiger partial charge on any atom is -0.444 e. The molecule has 1 N–H and O–H groups in total. The zero-order chi connectivity index (χ0) is 10.8. The molecule has 0 aromatic heterocycles. The lowest BCUT2D eigenvalue weighted by atomic mass is 10.2. The summed E-state index contributed by atoms with van der Waals surface area (Å²) in [6, 6.07) is 0. The number of nitrogens with one attached hydrogen (secondary N) is 1. The predicted octanol–water partition coefficient (Wildman–Crippen LogP) is 1.56. The molecular weight excluding hydrogens is 180 g/mol. The van der Waals surface area contributed by atoms with Crippen molar-refractivity contribution >= 4 is 6.09 Å². The summed E-state index contributed by atoms with van der Waals surface area (Å²) >= 11 is 0. The van der Waals surface area contributed by atoms with Crippen LogP contribution in [0.3, 0.4) is 0 Å². The zero-order valence-electron chi connectivity index (χ0n) is 9.46. The van der Waals surface area contributed by atoms with Gasteiger partial charge in [-0.3, -0.25) is 4.90 Å². The van der Waals surface area contributed by atoms with Gasteiger partial charge in [0.1, 0.15) is 5.60 Å². The second-order valence-electron chi connectivity index (χ2n) is 4.62. The molecule has 1 heterocycles. The van der Waals surface area contributed by atoms with Gasteiger partial charge < -0.3 is 10.1 Å². The van der Waals surface area contributed by atoms with Gasteiger partial charge in [-0.05, 0) is 40.7 Å². The third-order valence-corrected chi connectivity index (χ3v) is 2.21. The standard InChI is InChI=1S/C10H20N2O2/c1-10(2,3)14-9(13)12-7-5-6-8(12)11-4/h8,11H,5-7H2,1-4H3/t8-/m0/s1. The first kappa shape index (κ1) is 11.3. The fraction of sp³-hybridized carbons (Fsp3) is 0.900. The molecule has 4 nitrogen and oxygen atoms in total. The Morgan fingerprint density at radius 2 is 2.14 bits per heavy atom. The average molecular weight is 200 g/mol. The maximum atomic E-state index is 11.7. The van der Waals surface area contributed by atoms with Gasteiger partial charge in [0, 0.05) is 6.54 Å². The highest BCUT2D eigenvalue weighted by atomic mass is 16.6. The molecule has 0 bridgehead atoms. The predicted molar refractivity (Wildman–Crippen MR) is 55.0 cm³/mol. The lowest BCUT2D eigenvalue weighted by Crippen LogP contribution is -2.45. The van der Waals surface area contributed by atoms with E-state index in [0.29, 0.717) is 0 Å². The Morgan fingerprint density at radius 3 is 2.64 bits per heavy atom. The van der Waals surface area contributed by atoms with Crippen LogP contribution in [0, 0.1) is 0 Å². The molecule has 0 aromatic carbocycles. The lowest BCUT2D eigenvalue weighted by molar-refractivity contribution is 0.0206. The molecule has 0 unspecified atom stereocenters. The summed E-state index contributed by atoms with van der Waals surface area (Å²) in [5.41, 5.74) is -0.405. The van der Waals surface area contributed by atoms with Crippen molar-refractivity contribution in [3.05, 3.63) is 0 Å². The monoisotopic (exact) mass is 200 g/mol. The molecule has 1 fully saturated rings. The summed E-state index contributed by atoms with van der Waals surface area (Å²) in [5, 5.41) is 3.11. The van der Waals surface area contributed by atoms with E-state index in [0.717, 1.165) is 19.4 Å². The number of likely N-dealkylation sites (tertiary alicyclic amines) is 1. The van der Waals surface area contributed by atoms with E-state index in [1.54, 1.807) is 4.90 Å². The quantitative estimate of drug-likeness (QED) is 0.698. The van der Waals surface area contributed by atoms with Crippen LogP contribution in [0.25, 0.3) is 0 Å². The highest BCUT2D eigenvalue weighted by Crippen LogP contribution is 2.18. The van der Waals surface area contributed by atoms with E-state index in [1.807, 2.05) is 27.8 Å². The highest BCUT2D eigenvalue weighted by molar-refractivity contribution is 5.68. The van der Waals surface area contributed by atoms with Crippen LogP contribution in [0.1, 0.15) is 33.6 Å². The molecule has 82 valence electrons. The van der Waals surface area contributed by atoms with Crippen LogP contribution in [0.5, 0.6) is 0 Å². The van der Waals surface area contributed by atoms with Gasteiger partial charge in [-0.1, -0.05) is 0 Å². The summed E-state index contributed by atoms with van der Waals surface area (Å²) in [6.07, 6.45) is 1.99.